The van der Waals surface area contributed by atoms with Crippen LogP contribution in [0.15, 0.2) is 30.3 Å². The number of hydrogen-bond donors (Lipinski definition) is 2. The van der Waals surface area contributed by atoms with Crippen molar-refractivity contribution in [2.24, 2.45) is 5.92 Å². The molecule has 2 aromatic rings. The lowest BCUT2D eigenvalue weighted by atomic mass is 9.95. The molecule has 1 aromatic carbocycles. The average molecular weight is 329 g/mol. The highest BCUT2D eigenvalue weighted by atomic mass is 19.1. The number of rotatable bonds is 3. The molecular weight excluding hydrogens is 309 g/mol. The lowest BCUT2D eigenvalue weighted by Crippen LogP contribution is -2.38. The van der Waals surface area contributed by atoms with Gasteiger partial charge in [0.1, 0.15) is 11.6 Å². The van der Waals surface area contributed by atoms with Gasteiger partial charge in [0.2, 0.25) is 11.9 Å². The number of nitrogens with zero attached hydrogens (tertiary/aromatic N) is 3. The van der Waals surface area contributed by atoms with Crippen molar-refractivity contribution in [1.82, 2.24) is 9.97 Å². The smallest absolute Gasteiger partial charge is 0.227 e. The number of nitrogens with one attached hydrogen (secondary N) is 1. The summed E-state index contributed by atoms with van der Waals surface area (Å²) in [4.78, 5) is 22.8. The van der Waals surface area contributed by atoms with Crippen LogP contribution in [-0.2, 0) is 4.79 Å². The number of piperidine rings is 1. The number of nitrogen functional groups attached to an aromatic ring is 1. The molecule has 0 aliphatic carbocycles. The van der Waals surface area contributed by atoms with Crippen LogP contribution >= 0.6 is 0 Å². The number of anilines is 3. The Hall–Kier alpha value is -2.70. The Kier molecular flexibility index (Phi) is 4.59. The number of aryl methyl sites for hydroxylation is 1. The van der Waals surface area contributed by atoms with Crippen LogP contribution in [0.25, 0.3) is 0 Å². The van der Waals surface area contributed by atoms with Crippen molar-refractivity contribution in [1.29, 1.82) is 0 Å². The van der Waals surface area contributed by atoms with Crippen LogP contribution in [0.5, 0.6) is 0 Å². The summed E-state index contributed by atoms with van der Waals surface area (Å²) >= 11 is 0. The van der Waals surface area contributed by atoms with Gasteiger partial charge in [0.05, 0.1) is 0 Å². The second-order valence-corrected chi connectivity index (χ2v) is 5.98. The minimum absolute atomic E-state index is 0.0281. The molecule has 1 aromatic heterocycles. The number of halogens is 1. The van der Waals surface area contributed by atoms with Crippen LogP contribution < -0.4 is 16.0 Å². The highest BCUT2D eigenvalue weighted by Crippen LogP contribution is 2.24. The number of amides is 1. The van der Waals surface area contributed by atoms with Crippen molar-refractivity contribution >= 4 is 23.4 Å². The molecule has 0 saturated carbocycles. The fraction of sp³-hybridized carbons (Fsp3) is 0.353. The van der Waals surface area contributed by atoms with Crippen LogP contribution in [-0.4, -0.2) is 29.0 Å². The topological polar surface area (TPSA) is 84.1 Å². The summed E-state index contributed by atoms with van der Waals surface area (Å²) in [5.41, 5.74) is 7.14. The summed E-state index contributed by atoms with van der Waals surface area (Å²) in [5.74, 6) is 0.658. The van der Waals surface area contributed by atoms with E-state index in [0.29, 0.717) is 5.69 Å². The van der Waals surface area contributed by atoms with Crippen molar-refractivity contribution in [2.45, 2.75) is 19.8 Å². The summed E-state index contributed by atoms with van der Waals surface area (Å²) in [7, 11) is 0. The van der Waals surface area contributed by atoms with E-state index < -0.39 is 0 Å². The van der Waals surface area contributed by atoms with Crippen molar-refractivity contribution in [3.8, 4) is 0 Å². The summed E-state index contributed by atoms with van der Waals surface area (Å²) < 4.78 is 12.9. The van der Waals surface area contributed by atoms with Gasteiger partial charge in [-0.05, 0) is 44.0 Å². The third kappa shape index (κ3) is 3.79. The number of benzene rings is 1. The Morgan fingerprint density at radius 3 is 2.54 bits per heavy atom. The first-order valence-electron chi connectivity index (χ1n) is 7.94. The minimum Gasteiger partial charge on any atom is -0.368 e. The molecule has 6 nitrogen and oxygen atoms in total. The predicted octanol–water partition coefficient (Wildman–Crippen LogP) is 2.36. The second-order valence-electron chi connectivity index (χ2n) is 5.98. The average Bonchev–Trinajstić information content (AvgIpc) is 2.56. The van der Waals surface area contributed by atoms with E-state index in [4.69, 9.17) is 5.73 Å². The molecule has 126 valence electrons. The van der Waals surface area contributed by atoms with Crippen molar-refractivity contribution in [3.63, 3.8) is 0 Å². The Labute approximate surface area is 139 Å². The van der Waals surface area contributed by atoms with E-state index in [1.54, 1.807) is 12.1 Å². The molecule has 1 saturated heterocycles. The first kappa shape index (κ1) is 16.2. The maximum atomic E-state index is 12.9. The fourth-order valence-electron chi connectivity index (χ4n) is 2.88. The number of nitrogens with two attached hydrogens (primary N) is 1. The molecular formula is C17H20FN5O. The Bertz CT molecular complexity index is 706. The van der Waals surface area contributed by atoms with Crippen LogP contribution in [0.2, 0.25) is 0 Å². The third-order valence-electron chi connectivity index (χ3n) is 4.16. The van der Waals surface area contributed by atoms with Crippen molar-refractivity contribution in [3.05, 3.63) is 41.8 Å². The van der Waals surface area contributed by atoms with Gasteiger partial charge in [-0.15, -0.1) is 0 Å². The molecule has 0 spiro atoms. The molecule has 3 rings (SSSR count). The van der Waals surface area contributed by atoms with Crippen LogP contribution in [0.4, 0.5) is 21.8 Å². The van der Waals surface area contributed by atoms with Crippen molar-refractivity contribution < 1.29 is 9.18 Å². The number of aromatic nitrogens is 2. The summed E-state index contributed by atoms with van der Waals surface area (Å²) in [5, 5.41) is 2.84. The first-order chi connectivity index (χ1) is 11.5. The van der Waals surface area contributed by atoms with E-state index in [2.05, 4.69) is 20.2 Å². The Morgan fingerprint density at radius 2 is 1.92 bits per heavy atom. The van der Waals surface area contributed by atoms with Gasteiger partial charge in [-0.25, -0.2) is 9.37 Å². The summed E-state index contributed by atoms with van der Waals surface area (Å²) in [6.45, 7) is 3.35. The standard InChI is InChI=1S/C17H20FN5O/c1-11-10-15(22-17(19)20-11)23-8-6-12(7-9-23)16(24)21-14-4-2-13(18)3-5-14/h2-5,10,12H,6-9H2,1H3,(H,21,24)(H2,19,20,22). The first-order valence-corrected chi connectivity index (χ1v) is 7.94. The van der Waals surface area contributed by atoms with Gasteiger partial charge in [-0.3, -0.25) is 4.79 Å². The van der Waals surface area contributed by atoms with E-state index in [1.807, 2.05) is 13.0 Å². The highest BCUT2D eigenvalue weighted by molar-refractivity contribution is 5.92. The molecule has 0 radical (unpaired) electrons. The van der Waals surface area contributed by atoms with Crippen LogP contribution in [0.3, 0.4) is 0 Å². The Balaban J connectivity index is 1.58. The van der Waals surface area contributed by atoms with E-state index in [-0.39, 0.29) is 23.6 Å². The minimum atomic E-state index is -0.319. The van der Waals surface area contributed by atoms with E-state index in [0.717, 1.165) is 37.4 Å². The van der Waals surface area contributed by atoms with E-state index in [9.17, 15) is 9.18 Å². The number of carbonyl (C=O) groups is 1. The normalized spacial score (nSPS) is 15.3. The number of hydrogen-bond acceptors (Lipinski definition) is 5. The molecule has 0 bridgehead atoms. The van der Waals surface area contributed by atoms with Crippen LogP contribution in [0.1, 0.15) is 18.5 Å². The summed E-state index contributed by atoms with van der Waals surface area (Å²) in [6, 6.07) is 7.69. The molecule has 3 N–H and O–H groups in total. The van der Waals surface area contributed by atoms with Gasteiger partial charge in [0.25, 0.3) is 0 Å². The zero-order valence-electron chi connectivity index (χ0n) is 13.5. The SMILES string of the molecule is Cc1cc(N2CCC(C(=O)Nc3ccc(F)cc3)CC2)nc(N)n1. The quantitative estimate of drug-likeness (QED) is 0.903. The van der Waals surface area contributed by atoms with Gasteiger partial charge >= 0.3 is 0 Å². The van der Waals surface area contributed by atoms with Gasteiger partial charge in [0.15, 0.2) is 0 Å². The van der Waals surface area contributed by atoms with Gasteiger partial charge < -0.3 is 16.0 Å². The lowest BCUT2D eigenvalue weighted by Gasteiger charge is -2.32. The molecule has 0 unspecified atom stereocenters. The maximum absolute atomic E-state index is 12.9. The summed E-state index contributed by atoms with van der Waals surface area (Å²) in [6.07, 6.45) is 1.46. The largest absolute Gasteiger partial charge is 0.368 e. The molecule has 1 fully saturated rings. The monoisotopic (exact) mass is 329 g/mol. The van der Waals surface area contributed by atoms with Crippen LogP contribution in [0, 0.1) is 18.7 Å². The molecule has 7 heteroatoms. The third-order valence-corrected chi connectivity index (χ3v) is 4.16. The predicted molar refractivity (Wildman–Crippen MR) is 91.1 cm³/mol. The van der Waals surface area contributed by atoms with Gasteiger partial charge in [-0.1, -0.05) is 0 Å². The van der Waals surface area contributed by atoms with Gasteiger partial charge in [0, 0.05) is 36.5 Å². The molecule has 24 heavy (non-hydrogen) atoms. The molecule has 1 amide bonds. The highest BCUT2D eigenvalue weighted by Gasteiger charge is 2.26. The fourth-order valence-corrected chi connectivity index (χ4v) is 2.88. The van der Waals surface area contributed by atoms with E-state index >= 15 is 0 Å². The Morgan fingerprint density at radius 1 is 1.25 bits per heavy atom. The molecule has 0 atom stereocenters. The zero-order valence-corrected chi connectivity index (χ0v) is 13.5. The van der Waals surface area contributed by atoms with Gasteiger partial charge in [-0.2, -0.15) is 4.98 Å². The molecule has 1 aliphatic rings. The second kappa shape index (κ2) is 6.82. The van der Waals surface area contributed by atoms with E-state index in [1.165, 1.54) is 12.1 Å². The number of carbonyl (C=O) groups excluding carboxylic acids is 1. The molecule has 1 aliphatic heterocycles. The van der Waals surface area contributed by atoms with Crippen molar-refractivity contribution in [2.75, 3.05) is 29.0 Å². The molecule has 2 heterocycles. The maximum Gasteiger partial charge on any atom is 0.227 e. The lowest BCUT2D eigenvalue weighted by molar-refractivity contribution is -0.120. The zero-order chi connectivity index (χ0) is 17.1.